The van der Waals surface area contributed by atoms with Crippen LogP contribution in [0.2, 0.25) is 0 Å². The van der Waals surface area contributed by atoms with E-state index in [0.29, 0.717) is 0 Å². The molecule has 0 amide bonds. The molecule has 0 saturated heterocycles. The third kappa shape index (κ3) is 7.67. The molecule has 4 aliphatic rings. The standard InChI is InChI=1S/C68H78BN3/c1-62(2,3)43-32-44(63(4,5)6)34-50(33-43)72-57-38-49(70(46-24-20-18-21-25-46)47-26-22-19-23-27-47)29-31-55(57)69-56-39-53-54(68(16,17)42-67(53,14)15)40-58(56)71(59-35-45(64(7,8)9)36-60(72)61(59)69)48-28-30-51-52(37-48)66(12,13)41-65(51,10)11/h18-40H,41-42H2,1-17H3. The van der Waals surface area contributed by atoms with Crippen LogP contribution in [0.25, 0.3) is 0 Å². The first kappa shape index (κ1) is 48.3. The number of nitrogens with zero attached hydrogens (tertiary/aromatic N) is 3. The molecule has 0 saturated carbocycles. The smallest absolute Gasteiger partial charge is 0.252 e. The number of fused-ring (bicyclic) bond motifs is 6. The molecule has 4 heteroatoms. The minimum Gasteiger partial charge on any atom is -0.311 e. The number of benzene rings is 7. The summed E-state index contributed by atoms with van der Waals surface area (Å²) in [6.07, 6.45) is 2.24. The van der Waals surface area contributed by atoms with Crippen LogP contribution in [0.3, 0.4) is 0 Å². The quantitative estimate of drug-likeness (QED) is 0.159. The summed E-state index contributed by atoms with van der Waals surface area (Å²) >= 11 is 0. The molecule has 0 atom stereocenters. The zero-order valence-electron chi connectivity index (χ0n) is 46.6. The average Bonchev–Trinajstić information content (AvgIpc) is 3.61. The predicted octanol–water partition coefficient (Wildman–Crippen LogP) is 17.0. The van der Waals surface area contributed by atoms with Crippen LogP contribution in [-0.2, 0) is 37.9 Å². The van der Waals surface area contributed by atoms with E-state index >= 15 is 0 Å². The molecule has 0 unspecified atom stereocenters. The number of hydrogen-bond donors (Lipinski definition) is 0. The molecule has 0 aromatic heterocycles. The van der Waals surface area contributed by atoms with Crippen LogP contribution in [-0.4, -0.2) is 6.71 Å². The maximum Gasteiger partial charge on any atom is 0.252 e. The van der Waals surface area contributed by atoms with Gasteiger partial charge >= 0.3 is 0 Å². The largest absolute Gasteiger partial charge is 0.311 e. The van der Waals surface area contributed by atoms with E-state index in [1.807, 2.05) is 0 Å². The molecule has 0 spiro atoms. The van der Waals surface area contributed by atoms with Crippen LogP contribution in [0.4, 0.5) is 51.2 Å². The summed E-state index contributed by atoms with van der Waals surface area (Å²) in [6, 6.07) is 54.7. The van der Waals surface area contributed by atoms with Gasteiger partial charge in [0.15, 0.2) is 0 Å². The van der Waals surface area contributed by atoms with E-state index in [1.165, 1.54) is 89.5 Å². The summed E-state index contributed by atoms with van der Waals surface area (Å²) < 4.78 is 0. The summed E-state index contributed by atoms with van der Waals surface area (Å²) in [5.41, 5.74) is 24.9. The summed E-state index contributed by atoms with van der Waals surface area (Å²) in [5, 5.41) is 0. The van der Waals surface area contributed by atoms with E-state index in [9.17, 15) is 0 Å². The van der Waals surface area contributed by atoms with Crippen molar-refractivity contribution in [3.05, 3.63) is 178 Å². The highest BCUT2D eigenvalue weighted by atomic mass is 15.2. The van der Waals surface area contributed by atoms with Gasteiger partial charge in [-0.15, -0.1) is 0 Å². The fraction of sp³-hybridized carbons (Fsp3) is 0.382. The van der Waals surface area contributed by atoms with E-state index < -0.39 is 0 Å². The Labute approximate surface area is 433 Å². The molecule has 0 radical (unpaired) electrons. The van der Waals surface area contributed by atoms with Gasteiger partial charge in [-0.05, 0) is 185 Å². The van der Waals surface area contributed by atoms with Gasteiger partial charge in [0, 0.05) is 51.2 Å². The van der Waals surface area contributed by atoms with Crippen LogP contribution in [0.15, 0.2) is 140 Å². The highest BCUT2D eigenvalue weighted by Crippen LogP contribution is 2.56. The summed E-state index contributed by atoms with van der Waals surface area (Å²) in [5.74, 6) is 0. The van der Waals surface area contributed by atoms with Gasteiger partial charge in [0.05, 0.1) is 0 Å². The number of anilines is 9. The Morgan fingerprint density at radius 1 is 0.375 bits per heavy atom. The Balaban J connectivity index is 1.29. The Morgan fingerprint density at radius 3 is 1.33 bits per heavy atom. The Bertz CT molecular complexity index is 3240. The fourth-order valence-corrected chi connectivity index (χ4v) is 13.9. The van der Waals surface area contributed by atoms with Gasteiger partial charge in [-0.1, -0.05) is 178 Å². The Kier molecular flexibility index (Phi) is 10.6. The van der Waals surface area contributed by atoms with E-state index in [0.717, 1.165) is 29.9 Å². The van der Waals surface area contributed by atoms with E-state index in [4.69, 9.17) is 0 Å². The molecular formula is C68H78BN3. The molecule has 0 fully saturated rings. The summed E-state index contributed by atoms with van der Waals surface area (Å²) in [4.78, 5) is 7.82. The van der Waals surface area contributed by atoms with Crippen molar-refractivity contribution < 1.29 is 0 Å². The highest BCUT2D eigenvalue weighted by molar-refractivity contribution is 7.00. The number of rotatable bonds is 5. The summed E-state index contributed by atoms with van der Waals surface area (Å²) in [6.45, 7) is 41.1. The van der Waals surface area contributed by atoms with Crippen molar-refractivity contribution in [3.8, 4) is 0 Å². The zero-order chi connectivity index (χ0) is 51.5. The second-order valence-corrected chi connectivity index (χ2v) is 27.9. The third-order valence-corrected chi connectivity index (χ3v) is 17.2. The topological polar surface area (TPSA) is 9.72 Å². The lowest BCUT2D eigenvalue weighted by molar-refractivity contribution is 0.403. The number of para-hydroxylation sites is 2. The van der Waals surface area contributed by atoms with Gasteiger partial charge in [-0.2, -0.15) is 0 Å². The van der Waals surface area contributed by atoms with Gasteiger partial charge in [-0.25, -0.2) is 0 Å². The molecule has 72 heavy (non-hydrogen) atoms. The van der Waals surface area contributed by atoms with E-state index in [1.54, 1.807) is 0 Å². The lowest BCUT2D eigenvalue weighted by atomic mass is 9.33. The minimum atomic E-state index is -0.143. The van der Waals surface area contributed by atoms with Gasteiger partial charge in [0.1, 0.15) is 0 Å². The lowest BCUT2D eigenvalue weighted by Crippen LogP contribution is -2.61. The molecule has 3 nitrogen and oxygen atoms in total. The van der Waals surface area contributed by atoms with Crippen molar-refractivity contribution in [2.24, 2.45) is 0 Å². The Hall–Kier alpha value is -6.00. The highest BCUT2D eigenvalue weighted by Gasteiger charge is 2.49. The molecule has 7 aromatic rings. The first-order chi connectivity index (χ1) is 33.5. The van der Waals surface area contributed by atoms with Crippen LogP contribution >= 0.6 is 0 Å². The van der Waals surface area contributed by atoms with Crippen molar-refractivity contribution in [2.75, 3.05) is 14.7 Å². The van der Waals surface area contributed by atoms with Crippen molar-refractivity contribution in [3.63, 3.8) is 0 Å². The molecular weight excluding hydrogens is 870 g/mol. The van der Waals surface area contributed by atoms with Gasteiger partial charge in [0.2, 0.25) is 0 Å². The molecule has 11 rings (SSSR count). The zero-order valence-corrected chi connectivity index (χ0v) is 46.6. The SMILES string of the molecule is CC(C)(C)c1cc(N2c3cc(N(c4ccccc4)c4ccccc4)ccc3B3c4cc5c(cc4N(c4ccc6c(c4)C(C)(C)CC6(C)C)c4cc(C(C)(C)C)cc2c43)C(C)(C)CC5(C)C)cc(C(C)(C)C)c1. The maximum absolute atomic E-state index is 2.71. The molecule has 368 valence electrons. The average molecular weight is 948 g/mol. The van der Waals surface area contributed by atoms with Crippen molar-refractivity contribution >= 4 is 74.3 Å². The minimum absolute atomic E-state index is 0.0139. The monoisotopic (exact) mass is 948 g/mol. The van der Waals surface area contributed by atoms with Crippen LogP contribution in [0.1, 0.15) is 169 Å². The maximum atomic E-state index is 2.71. The molecule has 2 aliphatic carbocycles. The van der Waals surface area contributed by atoms with Crippen molar-refractivity contribution in [2.45, 2.75) is 168 Å². The van der Waals surface area contributed by atoms with Crippen molar-refractivity contribution in [1.82, 2.24) is 0 Å². The second-order valence-electron chi connectivity index (χ2n) is 27.9. The van der Waals surface area contributed by atoms with Crippen LogP contribution in [0.5, 0.6) is 0 Å². The second kappa shape index (κ2) is 15.8. The third-order valence-electron chi connectivity index (χ3n) is 17.2. The molecule has 2 aliphatic heterocycles. The van der Waals surface area contributed by atoms with Gasteiger partial charge in [0.25, 0.3) is 6.71 Å². The number of hydrogen-bond acceptors (Lipinski definition) is 3. The first-order valence-electron chi connectivity index (χ1n) is 26.9. The van der Waals surface area contributed by atoms with Crippen molar-refractivity contribution in [1.29, 1.82) is 0 Å². The molecule has 0 N–H and O–H groups in total. The fourth-order valence-electron chi connectivity index (χ4n) is 13.9. The normalized spacial score (nSPS) is 17.8. The first-order valence-corrected chi connectivity index (χ1v) is 26.9. The van der Waals surface area contributed by atoms with Crippen LogP contribution < -0.4 is 31.1 Å². The Morgan fingerprint density at radius 2 is 0.819 bits per heavy atom. The van der Waals surface area contributed by atoms with Gasteiger partial charge in [-0.3, -0.25) is 0 Å². The van der Waals surface area contributed by atoms with Crippen LogP contribution in [0, 0.1) is 0 Å². The molecule has 7 aromatic carbocycles. The summed E-state index contributed by atoms with van der Waals surface area (Å²) in [7, 11) is 0. The van der Waals surface area contributed by atoms with Gasteiger partial charge < -0.3 is 14.7 Å². The molecule has 0 bridgehead atoms. The lowest BCUT2D eigenvalue weighted by Gasteiger charge is -2.46. The molecule has 2 heterocycles. The van der Waals surface area contributed by atoms with E-state index in [-0.39, 0.29) is 44.6 Å². The van der Waals surface area contributed by atoms with E-state index in [2.05, 4.69) is 272 Å². The predicted molar refractivity (Wildman–Crippen MR) is 313 cm³/mol.